The molecule has 0 aliphatic rings. The fourth-order valence-corrected chi connectivity index (χ4v) is 1.84. The lowest BCUT2D eigenvalue weighted by Gasteiger charge is -2.11. The van der Waals surface area contributed by atoms with E-state index in [0.29, 0.717) is 18.2 Å². The molecule has 0 saturated heterocycles. The number of rotatable bonds is 5. The number of aromatic nitrogens is 2. The summed E-state index contributed by atoms with van der Waals surface area (Å²) in [6.07, 6.45) is 1.51. The Balaban J connectivity index is 2.05. The van der Waals surface area contributed by atoms with Crippen molar-refractivity contribution in [1.82, 2.24) is 20.6 Å². The first-order valence-corrected chi connectivity index (χ1v) is 6.35. The minimum absolute atomic E-state index is 0.179. The normalized spacial score (nSPS) is 12.3. The molecule has 5 nitrogen and oxygen atoms in total. The van der Waals surface area contributed by atoms with E-state index >= 15 is 0 Å². The van der Waals surface area contributed by atoms with Crippen LogP contribution in [0.5, 0.6) is 0 Å². The van der Waals surface area contributed by atoms with Crippen LogP contribution < -0.4 is 10.6 Å². The van der Waals surface area contributed by atoms with Gasteiger partial charge in [-0.15, -0.1) is 0 Å². The highest BCUT2D eigenvalue weighted by Crippen LogP contribution is 2.08. The molecule has 1 aromatic carbocycles. The van der Waals surface area contributed by atoms with Gasteiger partial charge in [-0.25, -0.2) is 4.98 Å². The maximum absolute atomic E-state index is 12.0. The summed E-state index contributed by atoms with van der Waals surface area (Å²) in [6.45, 7) is 3.56. The molecule has 1 amide bonds. The van der Waals surface area contributed by atoms with Gasteiger partial charge in [0.2, 0.25) is 0 Å². The summed E-state index contributed by atoms with van der Waals surface area (Å²) in [5.74, 6) is 0.198. The number of nitrogens with zero attached hydrogens (tertiary/aromatic N) is 2. The van der Waals surface area contributed by atoms with Crippen molar-refractivity contribution in [2.24, 2.45) is 5.92 Å². The van der Waals surface area contributed by atoms with Crippen molar-refractivity contribution in [3.63, 3.8) is 0 Å². The lowest BCUT2D eigenvalue weighted by Crippen LogP contribution is -2.32. The van der Waals surface area contributed by atoms with Crippen LogP contribution in [0.2, 0.25) is 0 Å². The fraction of sp³-hybridized carbons (Fsp3) is 0.357. The van der Waals surface area contributed by atoms with Crippen LogP contribution in [-0.2, 0) is 0 Å². The zero-order chi connectivity index (χ0) is 13.7. The predicted molar refractivity (Wildman–Crippen MR) is 75.0 cm³/mol. The molecule has 0 bridgehead atoms. The van der Waals surface area contributed by atoms with Crippen LogP contribution in [-0.4, -0.2) is 36.0 Å². The van der Waals surface area contributed by atoms with Crippen molar-refractivity contribution in [3.8, 4) is 0 Å². The number of amides is 1. The van der Waals surface area contributed by atoms with Gasteiger partial charge in [0.25, 0.3) is 5.91 Å². The van der Waals surface area contributed by atoms with Gasteiger partial charge in [0, 0.05) is 6.54 Å². The molecule has 0 aliphatic carbocycles. The summed E-state index contributed by atoms with van der Waals surface area (Å²) >= 11 is 0. The molecule has 5 heteroatoms. The lowest BCUT2D eigenvalue weighted by molar-refractivity contribution is 0.0943. The van der Waals surface area contributed by atoms with Crippen LogP contribution >= 0.6 is 0 Å². The second-order valence-corrected chi connectivity index (χ2v) is 4.62. The molecule has 0 aliphatic heterocycles. The Labute approximate surface area is 112 Å². The zero-order valence-electron chi connectivity index (χ0n) is 11.2. The molecule has 1 atom stereocenters. The maximum Gasteiger partial charge on any atom is 0.271 e. The molecule has 19 heavy (non-hydrogen) atoms. The zero-order valence-corrected chi connectivity index (χ0v) is 11.2. The van der Waals surface area contributed by atoms with Crippen molar-refractivity contribution in [2.45, 2.75) is 6.92 Å². The average Bonchev–Trinajstić information content (AvgIpc) is 2.44. The van der Waals surface area contributed by atoms with Gasteiger partial charge in [0.1, 0.15) is 5.69 Å². The molecule has 2 rings (SSSR count). The van der Waals surface area contributed by atoms with Crippen LogP contribution in [0.3, 0.4) is 0 Å². The van der Waals surface area contributed by atoms with Crippen LogP contribution in [0, 0.1) is 5.92 Å². The summed E-state index contributed by atoms with van der Waals surface area (Å²) in [6, 6.07) is 7.51. The highest BCUT2D eigenvalue weighted by Gasteiger charge is 2.10. The summed E-state index contributed by atoms with van der Waals surface area (Å²) < 4.78 is 0. The van der Waals surface area contributed by atoms with E-state index in [-0.39, 0.29) is 5.91 Å². The molecule has 100 valence electrons. The van der Waals surface area contributed by atoms with E-state index in [1.807, 2.05) is 31.3 Å². The molecule has 2 aromatic rings. The van der Waals surface area contributed by atoms with E-state index in [0.717, 1.165) is 17.6 Å². The number of carbonyl (C=O) groups is 1. The molecule has 0 saturated carbocycles. The van der Waals surface area contributed by atoms with E-state index in [1.165, 1.54) is 6.20 Å². The second-order valence-electron chi connectivity index (χ2n) is 4.62. The Bertz CT molecular complexity index is 570. The number of carbonyl (C=O) groups excluding carboxylic acids is 1. The van der Waals surface area contributed by atoms with Gasteiger partial charge in [-0.1, -0.05) is 19.1 Å². The van der Waals surface area contributed by atoms with Crippen molar-refractivity contribution < 1.29 is 4.79 Å². The molecule has 0 spiro atoms. The third-order valence-corrected chi connectivity index (χ3v) is 2.84. The van der Waals surface area contributed by atoms with Gasteiger partial charge in [-0.2, -0.15) is 0 Å². The Morgan fingerprint density at radius 1 is 1.26 bits per heavy atom. The van der Waals surface area contributed by atoms with Crippen LogP contribution in [0.25, 0.3) is 11.0 Å². The first-order chi connectivity index (χ1) is 9.20. The molecule has 1 heterocycles. The van der Waals surface area contributed by atoms with Crippen molar-refractivity contribution >= 4 is 16.9 Å². The van der Waals surface area contributed by atoms with E-state index in [1.54, 1.807) is 0 Å². The SMILES string of the molecule is CNCC(C)CNC(=O)c1cnc2ccccc2n1. The van der Waals surface area contributed by atoms with Gasteiger partial charge >= 0.3 is 0 Å². The largest absolute Gasteiger partial charge is 0.350 e. The van der Waals surface area contributed by atoms with Gasteiger partial charge in [0.15, 0.2) is 0 Å². The standard InChI is InChI=1S/C14H18N4O/c1-10(7-15-2)8-17-14(19)13-9-16-11-5-3-4-6-12(11)18-13/h3-6,9-10,15H,7-8H2,1-2H3,(H,17,19). The molecule has 0 radical (unpaired) electrons. The topological polar surface area (TPSA) is 66.9 Å². The molecule has 2 N–H and O–H groups in total. The van der Waals surface area contributed by atoms with Crippen LogP contribution in [0.15, 0.2) is 30.5 Å². The van der Waals surface area contributed by atoms with Crippen LogP contribution in [0.1, 0.15) is 17.4 Å². The number of hydrogen-bond donors (Lipinski definition) is 2. The predicted octanol–water partition coefficient (Wildman–Crippen LogP) is 1.22. The van der Waals surface area contributed by atoms with E-state index in [4.69, 9.17) is 0 Å². The summed E-state index contributed by atoms with van der Waals surface area (Å²) in [5.41, 5.74) is 1.89. The number of nitrogens with one attached hydrogen (secondary N) is 2. The Hall–Kier alpha value is -2.01. The third-order valence-electron chi connectivity index (χ3n) is 2.84. The summed E-state index contributed by atoms with van der Waals surface area (Å²) in [4.78, 5) is 20.5. The van der Waals surface area contributed by atoms with E-state index < -0.39 is 0 Å². The summed E-state index contributed by atoms with van der Waals surface area (Å²) in [7, 11) is 1.90. The lowest BCUT2D eigenvalue weighted by atomic mass is 10.2. The molecule has 1 aromatic heterocycles. The van der Waals surface area contributed by atoms with Crippen LogP contribution in [0.4, 0.5) is 0 Å². The molecule has 0 fully saturated rings. The van der Waals surface area contributed by atoms with Gasteiger partial charge < -0.3 is 10.6 Å². The third kappa shape index (κ3) is 3.48. The first-order valence-electron chi connectivity index (χ1n) is 6.35. The van der Waals surface area contributed by atoms with Gasteiger partial charge in [-0.3, -0.25) is 9.78 Å². The second kappa shape index (κ2) is 6.24. The monoisotopic (exact) mass is 258 g/mol. The minimum Gasteiger partial charge on any atom is -0.350 e. The fourth-order valence-electron chi connectivity index (χ4n) is 1.84. The first kappa shape index (κ1) is 13.4. The molecular weight excluding hydrogens is 240 g/mol. The Kier molecular flexibility index (Phi) is 4.41. The number of fused-ring (bicyclic) bond motifs is 1. The van der Waals surface area contributed by atoms with E-state index in [2.05, 4.69) is 27.5 Å². The maximum atomic E-state index is 12.0. The minimum atomic E-state index is -0.179. The van der Waals surface area contributed by atoms with Gasteiger partial charge in [-0.05, 0) is 31.6 Å². The Morgan fingerprint density at radius 3 is 2.74 bits per heavy atom. The number of para-hydroxylation sites is 2. The average molecular weight is 258 g/mol. The van der Waals surface area contributed by atoms with E-state index in [9.17, 15) is 4.79 Å². The smallest absolute Gasteiger partial charge is 0.271 e. The quantitative estimate of drug-likeness (QED) is 0.846. The van der Waals surface area contributed by atoms with Crippen molar-refractivity contribution in [1.29, 1.82) is 0 Å². The Morgan fingerprint density at radius 2 is 2.00 bits per heavy atom. The number of benzene rings is 1. The molecular formula is C14H18N4O. The highest BCUT2D eigenvalue weighted by atomic mass is 16.1. The highest BCUT2D eigenvalue weighted by molar-refractivity contribution is 5.93. The van der Waals surface area contributed by atoms with Gasteiger partial charge in [0.05, 0.1) is 17.2 Å². The summed E-state index contributed by atoms with van der Waals surface area (Å²) in [5, 5.41) is 5.94. The van der Waals surface area contributed by atoms with Crippen molar-refractivity contribution in [3.05, 3.63) is 36.2 Å². The van der Waals surface area contributed by atoms with Crippen molar-refractivity contribution in [2.75, 3.05) is 20.1 Å². The number of hydrogen-bond acceptors (Lipinski definition) is 4. The molecule has 1 unspecified atom stereocenters.